The summed E-state index contributed by atoms with van der Waals surface area (Å²) in [5.74, 6) is 0.836. The Balaban J connectivity index is 1.83. The molecule has 5 heteroatoms. The molecule has 0 saturated heterocycles. The lowest BCUT2D eigenvalue weighted by atomic mass is 10.3. The van der Waals surface area contributed by atoms with Crippen molar-refractivity contribution in [1.29, 1.82) is 0 Å². The Kier molecular flexibility index (Phi) is 8.49. The summed E-state index contributed by atoms with van der Waals surface area (Å²) in [5, 5.41) is 0. The van der Waals surface area contributed by atoms with E-state index in [1.165, 1.54) is 0 Å². The summed E-state index contributed by atoms with van der Waals surface area (Å²) in [6, 6.07) is 9.58. The van der Waals surface area contributed by atoms with Crippen LogP contribution in [0.1, 0.15) is 0 Å². The first-order chi connectivity index (χ1) is 8.93. The van der Waals surface area contributed by atoms with Gasteiger partial charge in [-0.15, -0.1) is 0 Å². The van der Waals surface area contributed by atoms with Crippen LogP contribution in [0.3, 0.4) is 0 Å². The van der Waals surface area contributed by atoms with Gasteiger partial charge in [0.2, 0.25) is 0 Å². The summed E-state index contributed by atoms with van der Waals surface area (Å²) >= 11 is 0. The van der Waals surface area contributed by atoms with Gasteiger partial charge in [-0.05, 0) is 12.1 Å². The van der Waals surface area contributed by atoms with E-state index in [9.17, 15) is 4.79 Å². The van der Waals surface area contributed by atoms with Crippen molar-refractivity contribution in [3.63, 3.8) is 0 Å². The highest BCUT2D eigenvalue weighted by atomic mass is 16.6. The Morgan fingerprint density at radius 2 is 1.44 bits per heavy atom. The van der Waals surface area contributed by atoms with E-state index in [2.05, 4.69) is 4.74 Å². The number of ether oxygens (including phenoxy) is 4. The van der Waals surface area contributed by atoms with E-state index < -0.39 is 0 Å². The minimum Gasteiger partial charge on any atom is -0.491 e. The van der Waals surface area contributed by atoms with Crippen LogP contribution in [0.15, 0.2) is 30.3 Å². The fourth-order valence-electron chi connectivity index (χ4n) is 1.21. The highest BCUT2D eigenvalue weighted by Gasteiger charge is 1.93. The van der Waals surface area contributed by atoms with Crippen molar-refractivity contribution in [2.45, 2.75) is 0 Å². The number of hydrogen-bond acceptors (Lipinski definition) is 5. The van der Waals surface area contributed by atoms with Gasteiger partial charge in [-0.2, -0.15) is 0 Å². The first-order valence-corrected chi connectivity index (χ1v) is 5.82. The molecule has 0 N–H and O–H groups in total. The maximum absolute atomic E-state index is 9.81. The zero-order chi connectivity index (χ0) is 12.9. The van der Waals surface area contributed by atoms with Crippen molar-refractivity contribution in [2.24, 2.45) is 0 Å². The first-order valence-electron chi connectivity index (χ1n) is 5.82. The Morgan fingerprint density at radius 3 is 2.11 bits per heavy atom. The summed E-state index contributed by atoms with van der Waals surface area (Å²) in [4.78, 5) is 9.81. The predicted molar refractivity (Wildman–Crippen MR) is 65.6 cm³/mol. The molecule has 0 aliphatic carbocycles. The quantitative estimate of drug-likeness (QED) is 0.440. The van der Waals surface area contributed by atoms with Gasteiger partial charge >= 0.3 is 0 Å². The lowest BCUT2D eigenvalue weighted by molar-refractivity contribution is -0.130. The predicted octanol–water partition coefficient (Wildman–Crippen LogP) is 1.27. The number of benzene rings is 1. The molecular formula is C13H18O5. The molecule has 0 saturated carbocycles. The van der Waals surface area contributed by atoms with Gasteiger partial charge in [0.15, 0.2) is 0 Å². The van der Waals surface area contributed by atoms with E-state index in [1.807, 2.05) is 30.3 Å². The van der Waals surface area contributed by atoms with Crippen LogP contribution in [0.2, 0.25) is 0 Å². The zero-order valence-electron chi connectivity index (χ0n) is 10.2. The molecular weight excluding hydrogens is 236 g/mol. The van der Waals surface area contributed by atoms with Gasteiger partial charge in [-0.3, -0.25) is 4.79 Å². The fourth-order valence-corrected chi connectivity index (χ4v) is 1.21. The minimum atomic E-state index is 0.278. The molecule has 0 heterocycles. The van der Waals surface area contributed by atoms with Crippen molar-refractivity contribution in [3.05, 3.63) is 30.3 Å². The van der Waals surface area contributed by atoms with Gasteiger partial charge in [0.25, 0.3) is 6.47 Å². The van der Waals surface area contributed by atoms with Crippen molar-refractivity contribution in [1.82, 2.24) is 0 Å². The molecule has 0 radical (unpaired) electrons. The average molecular weight is 254 g/mol. The Bertz CT molecular complexity index is 302. The first kappa shape index (κ1) is 14.5. The molecule has 0 aliphatic rings. The van der Waals surface area contributed by atoms with Crippen LogP contribution in [-0.4, -0.2) is 46.1 Å². The van der Waals surface area contributed by atoms with Crippen LogP contribution < -0.4 is 4.74 Å². The highest BCUT2D eigenvalue weighted by Crippen LogP contribution is 2.07. The molecule has 0 aliphatic heterocycles. The molecule has 1 aromatic rings. The molecule has 1 aromatic carbocycles. The molecule has 0 spiro atoms. The number of carbonyl (C=O) groups excluding carboxylic acids is 1. The Morgan fingerprint density at radius 1 is 0.833 bits per heavy atom. The topological polar surface area (TPSA) is 54.0 Å². The van der Waals surface area contributed by atoms with Gasteiger partial charge in [0, 0.05) is 0 Å². The second-order valence-electron chi connectivity index (χ2n) is 3.35. The van der Waals surface area contributed by atoms with Gasteiger partial charge in [0.1, 0.15) is 19.0 Å². The van der Waals surface area contributed by atoms with Crippen LogP contribution >= 0.6 is 0 Å². The van der Waals surface area contributed by atoms with Crippen molar-refractivity contribution in [2.75, 3.05) is 39.6 Å². The largest absolute Gasteiger partial charge is 0.491 e. The highest BCUT2D eigenvalue weighted by molar-refractivity contribution is 5.36. The van der Waals surface area contributed by atoms with Gasteiger partial charge in [-0.25, -0.2) is 0 Å². The number of para-hydroxylation sites is 1. The molecule has 18 heavy (non-hydrogen) atoms. The number of carbonyl (C=O) groups is 1. The normalized spacial score (nSPS) is 10.0. The number of rotatable bonds is 11. The monoisotopic (exact) mass is 254 g/mol. The van der Waals surface area contributed by atoms with Gasteiger partial charge < -0.3 is 18.9 Å². The van der Waals surface area contributed by atoms with E-state index in [1.54, 1.807) is 0 Å². The molecule has 100 valence electrons. The average Bonchev–Trinajstić information content (AvgIpc) is 2.42. The number of hydrogen-bond donors (Lipinski definition) is 0. The lowest BCUT2D eigenvalue weighted by Crippen LogP contribution is -2.12. The lowest BCUT2D eigenvalue weighted by Gasteiger charge is -2.07. The van der Waals surface area contributed by atoms with Crippen molar-refractivity contribution in [3.8, 4) is 5.75 Å². The molecule has 0 aromatic heterocycles. The van der Waals surface area contributed by atoms with Crippen LogP contribution in [0.25, 0.3) is 0 Å². The van der Waals surface area contributed by atoms with Gasteiger partial charge in [0.05, 0.1) is 26.4 Å². The van der Waals surface area contributed by atoms with Crippen LogP contribution in [0, 0.1) is 0 Å². The van der Waals surface area contributed by atoms with Crippen molar-refractivity contribution < 1.29 is 23.7 Å². The maximum Gasteiger partial charge on any atom is 0.293 e. The smallest absolute Gasteiger partial charge is 0.293 e. The maximum atomic E-state index is 9.81. The molecule has 0 atom stereocenters. The van der Waals surface area contributed by atoms with Crippen molar-refractivity contribution >= 4 is 6.47 Å². The molecule has 0 amide bonds. The SMILES string of the molecule is O=COCCOCCOCCOc1ccccc1. The molecule has 0 bridgehead atoms. The van der Waals surface area contributed by atoms with E-state index in [4.69, 9.17) is 14.2 Å². The third-order valence-corrected chi connectivity index (χ3v) is 2.03. The summed E-state index contributed by atoms with van der Waals surface area (Å²) in [5.41, 5.74) is 0. The van der Waals surface area contributed by atoms with Crippen LogP contribution in [0.5, 0.6) is 5.75 Å². The standard InChI is InChI=1S/C13H18O5/c14-12-17-9-8-15-6-7-16-10-11-18-13-4-2-1-3-5-13/h1-5,12H,6-11H2. The Labute approximate surface area is 107 Å². The van der Waals surface area contributed by atoms with Crippen LogP contribution in [-0.2, 0) is 19.0 Å². The second kappa shape index (κ2) is 10.6. The summed E-state index contributed by atoms with van der Waals surface area (Å²) in [6.45, 7) is 3.08. The molecule has 5 nitrogen and oxygen atoms in total. The summed E-state index contributed by atoms with van der Waals surface area (Å²) < 4.78 is 20.4. The molecule has 0 unspecified atom stereocenters. The van der Waals surface area contributed by atoms with E-state index >= 15 is 0 Å². The summed E-state index contributed by atoms with van der Waals surface area (Å²) in [7, 11) is 0. The second-order valence-corrected chi connectivity index (χ2v) is 3.35. The summed E-state index contributed by atoms with van der Waals surface area (Å²) in [6.07, 6.45) is 0. The minimum absolute atomic E-state index is 0.278. The Hall–Kier alpha value is -1.59. The van der Waals surface area contributed by atoms with Gasteiger partial charge in [-0.1, -0.05) is 18.2 Å². The third kappa shape index (κ3) is 7.65. The van der Waals surface area contributed by atoms with E-state index in [0.29, 0.717) is 39.5 Å². The molecule has 1 rings (SSSR count). The fraction of sp³-hybridized carbons (Fsp3) is 0.462. The molecule has 0 fully saturated rings. The zero-order valence-corrected chi connectivity index (χ0v) is 10.2. The third-order valence-electron chi connectivity index (χ3n) is 2.03. The van der Waals surface area contributed by atoms with Crippen LogP contribution in [0.4, 0.5) is 0 Å². The van der Waals surface area contributed by atoms with E-state index in [-0.39, 0.29) is 6.61 Å². The van der Waals surface area contributed by atoms with E-state index in [0.717, 1.165) is 5.75 Å².